The summed E-state index contributed by atoms with van der Waals surface area (Å²) in [5, 5.41) is 6.37. The summed E-state index contributed by atoms with van der Waals surface area (Å²) in [5.41, 5.74) is 3.62. The van der Waals surface area contributed by atoms with Crippen LogP contribution in [0, 0.1) is 11.8 Å². The SMILES string of the molecule is CC(CC(=O)Nc1ccc2scnc2c1)C1CCNCC1. The first kappa shape index (κ1) is 14.5. The molecule has 1 aliphatic heterocycles. The minimum Gasteiger partial charge on any atom is -0.326 e. The number of anilines is 1. The maximum absolute atomic E-state index is 12.2. The summed E-state index contributed by atoms with van der Waals surface area (Å²) in [4.78, 5) is 16.5. The minimum absolute atomic E-state index is 0.107. The van der Waals surface area contributed by atoms with Gasteiger partial charge in [0.15, 0.2) is 0 Å². The van der Waals surface area contributed by atoms with Crippen molar-refractivity contribution in [3.8, 4) is 0 Å². The van der Waals surface area contributed by atoms with E-state index in [1.54, 1.807) is 11.3 Å². The van der Waals surface area contributed by atoms with Gasteiger partial charge in [0.1, 0.15) is 0 Å². The van der Waals surface area contributed by atoms with Gasteiger partial charge in [-0.1, -0.05) is 6.92 Å². The third-order valence-corrected chi connectivity index (χ3v) is 5.12. The Balaban J connectivity index is 1.57. The van der Waals surface area contributed by atoms with Gasteiger partial charge >= 0.3 is 0 Å². The molecule has 0 spiro atoms. The molecule has 2 aromatic rings. The molecule has 1 fully saturated rings. The largest absolute Gasteiger partial charge is 0.326 e. The van der Waals surface area contributed by atoms with Crippen LogP contribution in [-0.4, -0.2) is 24.0 Å². The van der Waals surface area contributed by atoms with E-state index in [2.05, 4.69) is 22.5 Å². The van der Waals surface area contributed by atoms with Crippen LogP contribution in [0.4, 0.5) is 5.69 Å². The second-order valence-corrected chi connectivity index (χ2v) is 6.74. The summed E-state index contributed by atoms with van der Waals surface area (Å²) >= 11 is 1.61. The Labute approximate surface area is 129 Å². The van der Waals surface area contributed by atoms with Gasteiger partial charge in [0.2, 0.25) is 5.91 Å². The summed E-state index contributed by atoms with van der Waals surface area (Å²) < 4.78 is 1.15. The van der Waals surface area contributed by atoms with Crippen LogP contribution in [0.1, 0.15) is 26.2 Å². The van der Waals surface area contributed by atoms with Gasteiger partial charge in [-0.15, -0.1) is 11.3 Å². The molecule has 5 heteroatoms. The predicted molar refractivity (Wildman–Crippen MR) is 87.6 cm³/mol. The zero-order chi connectivity index (χ0) is 14.7. The van der Waals surface area contributed by atoms with Gasteiger partial charge in [-0.3, -0.25) is 4.79 Å². The van der Waals surface area contributed by atoms with Gasteiger partial charge in [0.05, 0.1) is 15.7 Å². The molecule has 112 valence electrons. The van der Waals surface area contributed by atoms with Crippen LogP contribution in [0.5, 0.6) is 0 Å². The number of piperidine rings is 1. The molecule has 0 aliphatic carbocycles. The van der Waals surface area contributed by atoms with Crippen molar-refractivity contribution in [3.63, 3.8) is 0 Å². The lowest BCUT2D eigenvalue weighted by Crippen LogP contribution is -2.32. The second kappa shape index (κ2) is 6.54. The fourth-order valence-corrected chi connectivity index (χ4v) is 3.68. The molecule has 3 rings (SSSR count). The number of carbonyl (C=O) groups is 1. The van der Waals surface area contributed by atoms with Gasteiger partial charge in [0, 0.05) is 12.1 Å². The lowest BCUT2D eigenvalue weighted by Gasteiger charge is -2.27. The van der Waals surface area contributed by atoms with Gasteiger partial charge < -0.3 is 10.6 Å². The highest BCUT2D eigenvalue weighted by Crippen LogP contribution is 2.25. The Morgan fingerprint density at radius 2 is 2.29 bits per heavy atom. The molecule has 1 amide bonds. The van der Waals surface area contributed by atoms with E-state index in [0.717, 1.165) is 29.0 Å². The number of rotatable bonds is 4. The topological polar surface area (TPSA) is 54.0 Å². The molecule has 21 heavy (non-hydrogen) atoms. The van der Waals surface area contributed by atoms with Crippen LogP contribution in [-0.2, 0) is 4.79 Å². The normalized spacial score (nSPS) is 17.8. The molecule has 1 aromatic carbocycles. The van der Waals surface area contributed by atoms with Crippen LogP contribution in [0.2, 0.25) is 0 Å². The standard InChI is InChI=1S/C16H21N3OS/c1-11(12-4-6-17-7-5-12)8-16(20)19-13-2-3-15-14(9-13)18-10-21-15/h2-3,9-12,17H,4-8H2,1H3,(H,19,20). The first-order chi connectivity index (χ1) is 10.2. The fraction of sp³-hybridized carbons (Fsp3) is 0.500. The molecule has 0 radical (unpaired) electrons. The quantitative estimate of drug-likeness (QED) is 0.911. The number of nitrogens with one attached hydrogen (secondary N) is 2. The number of thiazole rings is 1. The second-order valence-electron chi connectivity index (χ2n) is 5.85. The zero-order valence-corrected chi connectivity index (χ0v) is 13.1. The van der Waals surface area contributed by atoms with Gasteiger partial charge in [0.25, 0.3) is 0 Å². The van der Waals surface area contributed by atoms with E-state index >= 15 is 0 Å². The highest BCUT2D eigenvalue weighted by atomic mass is 32.1. The van der Waals surface area contributed by atoms with Gasteiger partial charge in [-0.05, 0) is 56.0 Å². The van der Waals surface area contributed by atoms with E-state index in [1.165, 1.54) is 12.8 Å². The summed E-state index contributed by atoms with van der Waals surface area (Å²) in [6.07, 6.45) is 2.96. The average molecular weight is 303 g/mol. The number of hydrogen-bond donors (Lipinski definition) is 2. The van der Waals surface area contributed by atoms with E-state index in [9.17, 15) is 4.79 Å². The van der Waals surface area contributed by atoms with Crippen molar-refractivity contribution in [2.24, 2.45) is 11.8 Å². The van der Waals surface area contributed by atoms with Crippen LogP contribution in [0.15, 0.2) is 23.7 Å². The van der Waals surface area contributed by atoms with E-state index in [1.807, 2.05) is 23.7 Å². The average Bonchev–Trinajstić information content (AvgIpc) is 2.95. The van der Waals surface area contributed by atoms with E-state index < -0.39 is 0 Å². The smallest absolute Gasteiger partial charge is 0.224 e. The molecule has 1 atom stereocenters. The van der Waals surface area contributed by atoms with E-state index in [-0.39, 0.29) is 5.91 Å². The molecule has 0 saturated carbocycles. The zero-order valence-electron chi connectivity index (χ0n) is 12.3. The van der Waals surface area contributed by atoms with Crippen molar-refractivity contribution in [3.05, 3.63) is 23.7 Å². The van der Waals surface area contributed by atoms with Crippen LogP contribution in [0.3, 0.4) is 0 Å². The lowest BCUT2D eigenvalue weighted by molar-refractivity contribution is -0.117. The maximum Gasteiger partial charge on any atom is 0.224 e. The van der Waals surface area contributed by atoms with Crippen molar-refractivity contribution in [1.82, 2.24) is 10.3 Å². The van der Waals surface area contributed by atoms with Crippen molar-refractivity contribution < 1.29 is 4.79 Å². The molecule has 1 saturated heterocycles. The monoisotopic (exact) mass is 303 g/mol. The molecule has 4 nitrogen and oxygen atoms in total. The Kier molecular flexibility index (Phi) is 4.51. The minimum atomic E-state index is 0.107. The van der Waals surface area contributed by atoms with Crippen molar-refractivity contribution >= 4 is 33.1 Å². The van der Waals surface area contributed by atoms with Crippen molar-refractivity contribution in [2.45, 2.75) is 26.2 Å². The molecular weight excluding hydrogens is 282 g/mol. The third-order valence-electron chi connectivity index (χ3n) is 4.31. The van der Waals surface area contributed by atoms with Crippen molar-refractivity contribution in [2.75, 3.05) is 18.4 Å². The highest BCUT2D eigenvalue weighted by molar-refractivity contribution is 7.16. The number of nitrogens with zero attached hydrogens (tertiary/aromatic N) is 1. The Morgan fingerprint density at radius 3 is 3.10 bits per heavy atom. The number of benzene rings is 1. The fourth-order valence-electron chi connectivity index (χ4n) is 3.02. The Bertz CT molecular complexity index is 619. The number of carbonyl (C=O) groups excluding carboxylic acids is 1. The first-order valence-corrected chi connectivity index (χ1v) is 8.44. The molecule has 2 heterocycles. The van der Waals surface area contributed by atoms with Crippen LogP contribution < -0.4 is 10.6 Å². The Hall–Kier alpha value is -1.46. The summed E-state index contributed by atoms with van der Waals surface area (Å²) in [5.74, 6) is 1.21. The number of amides is 1. The van der Waals surface area contributed by atoms with Gasteiger partial charge in [-0.2, -0.15) is 0 Å². The number of aromatic nitrogens is 1. The van der Waals surface area contributed by atoms with E-state index in [0.29, 0.717) is 18.3 Å². The highest BCUT2D eigenvalue weighted by Gasteiger charge is 2.22. The maximum atomic E-state index is 12.2. The predicted octanol–water partition coefficient (Wildman–Crippen LogP) is 3.26. The molecule has 1 aliphatic rings. The molecule has 0 bridgehead atoms. The third kappa shape index (κ3) is 3.60. The Morgan fingerprint density at radius 1 is 1.48 bits per heavy atom. The molecule has 2 N–H and O–H groups in total. The van der Waals surface area contributed by atoms with Crippen LogP contribution in [0.25, 0.3) is 10.2 Å². The van der Waals surface area contributed by atoms with Crippen LogP contribution >= 0.6 is 11.3 Å². The number of hydrogen-bond acceptors (Lipinski definition) is 4. The number of fused-ring (bicyclic) bond motifs is 1. The summed E-state index contributed by atoms with van der Waals surface area (Å²) in [6, 6.07) is 5.91. The molecule has 1 aromatic heterocycles. The van der Waals surface area contributed by atoms with Crippen molar-refractivity contribution in [1.29, 1.82) is 0 Å². The summed E-state index contributed by atoms with van der Waals surface area (Å²) in [7, 11) is 0. The van der Waals surface area contributed by atoms with E-state index in [4.69, 9.17) is 0 Å². The summed E-state index contributed by atoms with van der Waals surface area (Å²) in [6.45, 7) is 4.35. The first-order valence-electron chi connectivity index (χ1n) is 7.56. The molecular formula is C16H21N3OS. The van der Waals surface area contributed by atoms with Gasteiger partial charge in [-0.25, -0.2) is 4.98 Å². The molecule has 1 unspecified atom stereocenters. The lowest BCUT2D eigenvalue weighted by atomic mass is 9.84.